The van der Waals surface area contributed by atoms with Gasteiger partial charge in [-0.15, -0.1) is 0 Å². The molecule has 4 nitrogen and oxygen atoms in total. The van der Waals surface area contributed by atoms with Crippen LogP contribution in [0.15, 0.2) is 12.3 Å². The van der Waals surface area contributed by atoms with Crippen LogP contribution in [-0.2, 0) is 18.9 Å². The van der Waals surface area contributed by atoms with E-state index in [1.54, 1.807) is 13.4 Å². The number of allylic oxidation sites excluding steroid dienone is 1. The highest BCUT2D eigenvalue weighted by molar-refractivity contribution is 4.72. The zero-order chi connectivity index (χ0) is 24.1. The molecule has 0 aliphatic heterocycles. The smallest absolute Gasteiger partial charge is 0.187 e. The van der Waals surface area contributed by atoms with E-state index in [1.807, 2.05) is 0 Å². The Bertz CT molecular complexity index is 361. The molecule has 0 aromatic rings. The fourth-order valence-corrected chi connectivity index (χ4v) is 3.93. The number of methoxy groups -OCH3 is 1. The fraction of sp³-hybridized carbons (Fsp3) is 0.931. The normalized spacial score (nSPS) is 11.8. The van der Waals surface area contributed by atoms with E-state index in [0.717, 1.165) is 38.9 Å². The maximum Gasteiger partial charge on any atom is 0.187 e. The lowest BCUT2D eigenvalue weighted by molar-refractivity contribution is -0.148. The van der Waals surface area contributed by atoms with Crippen molar-refractivity contribution in [3.8, 4) is 0 Å². The van der Waals surface area contributed by atoms with Gasteiger partial charge in [0.25, 0.3) is 0 Å². The average molecular weight is 471 g/mol. The van der Waals surface area contributed by atoms with Crippen LogP contribution < -0.4 is 0 Å². The summed E-state index contributed by atoms with van der Waals surface area (Å²) in [5, 5.41) is 0. The van der Waals surface area contributed by atoms with E-state index in [4.69, 9.17) is 18.9 Å². The molecule has 0 radical (unpaired) electrons. The number of unbranched alkanes of at least 4 members (excludes halogenated alkanes) is 16. The summed E-state index contributed by atoms with van der Waals surface area (Å²) < 4.78 is 22.0. The second kappa shape index (κ2) is 29.5. The quantitative estimate of drug-likeness (QED) is 0.0648. The van der Waals surface area contributed by atoms with E-state index in [9.17, 15) is 0 Å². The molecule has 0 aromatic heterocycles. The SMILES string of the molecule is CCCCCOC(CCCCCCCCCCCCCCC=COCOC)OCCCCC. The minimum atomic E-state index is 0.0266. The Labute approximate surface area is 207 Å². The summed E-state index contributed by atoms with van der Waals surface area (Å²) in [5.74, 6) is 0. The Morgan fingerprint density at radius 3 is 1.55 bits per heavy atom. The second-order valence-electron chi connectivity index (χ2n) is 9.35. The second-order valence-corrected chi connectivity index (χ2v) is 9.35. The van der Waals surface area contributed by atoms with E-state index in [0.29, 0.717) is 6.79 Å². The average Bonchev–Trinajstić information content (AvgIpc) is 2.83. The summed E-state index contributed by atoms with van der Waals surface area (Å²) in [6.45, 7) is 6.53. The third kappa shape index (κ3) is 27.5. The van der Waals surface area contributed by atoms with Gasteiger partial charge in [-0.1, -0.05) is 104 Å². The van der Waals surface area contributed by atoms with Crippen molar-refractivity contribution in [1.82, 2.24) is 0 Å². The van der Waals surface area contributed by atoms with Crippen molar-refractivity contribution in [2.45, 2.75) is 149 Å². The largest absolute Gasteiger partial charge is 0.476 e. The van der Waals surface area contributed by atoms with Crippen molar-refractivity contribution < 1.29 is 18.9 Å². The van der Waals surface area contributed by atoms with Crippen molar-refractivity contribution >= 4 is 0 Å². The van der Waals surface area contributed by atoms with E-state index in [-0.39, 0.29) is 6.29 Å². The maximum absolute atomic E-state index is 6.02. The van der Waals surface area contributed by atoms with Gasteiger partial charge in [-0.2, -0.15) is 0 Å². The molecule has 0 aliphatic rings. The third-order valence-corrected chi connectivity index (χ3v) is 6.04. The fourth-order valence-electron chi connectivity index (χ4n) is 3.93. The molecule has 0 saturated carbocycles. The summed E-state index contributed by atoms with van der Waals surface area (Å²) >= 11 is 0. The van der Waals surface area contributed by atoms with Crippen LogP contribution in [0.1, 0.15) is 142 Å². The Morgan fingerprint density at radius 1 is 0.576 bits per heavy atom. The summed E-state index contributed by atoms with van der Waals surface area (Å²) in [7, 11) is 1.64. The zero-order valence-electron chi connectivity index (χ0n) is 22.6. The molecule has 0 saturated heterocycles. The van der Waals surface area contributed by atoms with Gasteiger partial charge in [-0.3, -0.25) is 0 Å². The molecule has 0 fully saturated rings. The highest BCUT2D eigenvalue weighted by atomic mass is 16.7. The minimum Gasteiger partial charge on any atom is -0.476 e. The molecule has 0 heterocycles. The zero-order valence-corrected chi connectivity index (χ0v) is 22.6. The minimum absolute atomic E-state index is 0.0266. The van der Waals surface area contributed by atoms with E-state index in [2.05, 4.69) is 19.9 Å². The molecular formula is C29H58O4. The van der Waals surface area contributed by atoms with Gasteiger partial charge in [0.15, 0.2) is 13.1 Å². The molecule has 4 heteroatoms. The lowest BCUT2D eigenvalue weighted by atomic mass is 10.0. The first-order chi connectivity index (χ1) is 16.3. The van der Waals surface area contributed by atoms with Crippen LogP contribution in [-0.4, -0.2) is 33.4 Å². The molecule has 0 amide bonds. The predicted molar refractivity (Wildman–Crippen MR) is 141 cm³/mol. The van der Waals surface area contributed by atoms with Crippen LogP contribution in [0, 0.1) is 0 Å². The number of ether oxygens (including phenoxy) is 4. The first-order valence-corrected chi connectivity index (χ1v) is 14.3. The third-order valence-electron chi connectivity index (χ3n) is 6.04. The number of rotatable bonds is 28. The van der Waals surface area contributed by atoms with Crippen molar-refractivity contribution in [2.24, 2.45) is 0 Å². The van der Waals surface area contributed by atoms with Crippen LogP contribution in [0.2, 0.25) is 0 Å². The molecule has 0 atom stereocenters. The maximum atomic E-state index is 6.02. The van der Waals surface area contributed by atoms with Crippen molar-refractivity contribution in [2.75, 3.05) is 27.1 Å². The van der Waals surface area contributed by atoms with Gasteiger partial charge in [-0.05, 0) is 44.6 Å². The van der Waals surface area contributed by atoms with Gasteiger partial charge >= 0.3 is 0 Å². The van der Waals surface area contributed by atoms with Crippen molar-refractivity contribution in [3.05, 3.63) is 12.3 Å². The summed E-state index contributed by atoms with van der Waals surface area (Å²) in [6, 6.07) is 0. The van der Waals surface area contributed by atoms with Crippen LogP contribution in [0.3, 0.4) is 0 Å². The van der Waals surface area contributed by atoms with Crippen LogP contribution in [0.5, 0.6) is 0 Å². The predicted octanol–water partition coefficient (Wildman–Crippen LogP) is 9.32. The van der Waals surface area contributed by atoms with E-state index < -0.39 is 0 Å². The molecule has 0 aliphatic carbocycles. The Kier molecular flexibility index (Phi) is 28.9. The van der Waals surface area contributed by atoms with Crippen LogP contribution in [0.4, 0.5) is 0 Å². The number of hydrogen-bond donors (Lipinski definition) is 0. The Hall–Kier alpha value is -0.580. The van der Waals surface area contributed by atoms with E-state index in [1.165, 1.54) is 103 Å². The summed E-state index contributed by atoms with van der Waals surface area (Å²) in [4.78, 5) is 0. The molecule has 33 heavy (non-hydrogen) atoms. The first-order valence-electron chi connectivity index (χ1n) is 14.3. The lowest BCUT2D eigenvalue weighted by Crippen LogP contribution is -2.19. The van der Waals surface area contributed by atoms with Crippen molar-refractivity contribution in [3.63, 3.8) is 0 Å². The molecule has 0 spiro atoms. The standard InChI is InChI=1S/C29H58O4/c1-4-6-21-26-32-29(33-27-22-7-5-2)24-20-18-16-14-12-10-8-9-11-13-15-17-19-23-25-31-28-30-3/h23,25,29H,4-22,24,26-28H2,1-3H3. The number of hydrogen-bond acceptors (Lipinski definition) is 4. The molecular weight excluding hydrogens is 412 g/mol. The van der Waals surface area contributed by atoms with Gasteiger partial charge in [0.2, 0.25) is 0 Å². The monoisotopic (exact) mass is 470 g/mol. The van der Waals surface area contributed by atoms with Crippen LogP contribution >= 0.6 is 0 Å². The molecule has 0 unspecified atom stereocenters. The summed E-state index contributed by atoms with van der Waals surface area (Å²) in [6.07, 6.45) is 29.7. The highest BCUT2D eigenvalue weighted by Gasteiger charge is 2.09. The molecule has 0 aromatic carbocycles. The topological polar surface area (TPSA) is 36.9 Å². The molecule has 0 rings (SSSR count). The lowest BCUT2D eigenvalue weighted by Gasteiger charge is -2.18. The Balaban J connectivity index is 3.46. The summed E-state index contributed by atoms with van der Waals surface area (Å²) in [5.41, 5.74) is 0. The molecule has 198 valence electrons. The Morgan fingerprint density at radius 2 is 1.06 bits per heavy atom. The van der Waals surface area contributed by atoms with Gasteiger partial charge in [-0.25, -0.2) is 0 Å². The van der Waals surface area contributed by atoms with Crippen LogP contribution in [0.25, 0.3) is 0 Å². The van der Waals surface area contributed by atoms with Crippen molar-refractivity contribution in [1.29, 1.82) is 0 Å². The highest BCUT2D eigenvalue weighted by Crippen LogP contribution is 2.15. The molecule has 0 bridgehead atoms. The molecule has 0 N–H and O–H groups in total. The van der Waals surface area contributed by atoms with Gasteiger partial charge in [0, 0.05) is 20.3 Å². The van der Waals surface area contributed by atoms with Gasteiger partial charge in [0.1, 0.15) is 0 Å². The van der Waals surface area contributed by atoms with Gasteiger partial charge in [0.05, 0.1) is 6.26 Å². The van der Waals surface area contributed by atoms with Gasteiger partial charge < -0.3 is 18.9 Å². The first kappa shape index (κ1) is 32.4. The van der Waals surface area contributed by atoms with E-state index >= 15 is 0 Å².